The molecule has 17 heavy (non-hydrogen) atoms. The number of nitrogens with one attached hydrogen (secondary N) is 1. The van der Waals surface area contributed by atoms with Crippen LogP contribution in [-0.2, 0) is 4.74 Å². The van der Waals surface area contributed by atoms with Crippen LogP contribution in [0.5, 0.6) is 5.75 Å². The molecule has 0 bridgehead atoms. The lowest BCUT2D eigenvalue weighted by Crippen LogP contribution is -2.17. The van der Waals surface area contributed by atoms with Gasteiger partial charge in [-0.1, -0.05) is 19.1 Å². The summed E-state index contributed by atoms with van der Waals surface area (Å²) < 4.78 is 10.7. The monoisotopic (exact) mass is 237 g/mol. The highest BCUT2D eigenvalue weighted by Crippen LogP contribution is 2.20. The molecule has 0 radical (unpaired) electrons. The average Bonchev–Trinajstić information content (AvgIpc) is 2.38. The maximum Gasteiger partial charge on any atom is 0.119 e. The lowest BCUT2D eigenvalue weighted by Gasteiger charge is -2.16. The molecule has 1 aromatic carbocycles. The van der Waals surface area contributed by atoms with Crippen LogP contribution in [0.15, 0.2) is 24.3 Å². The van der Waals surface area contributed by atoms with E-state index in [1.54, 1.807) is 7.11 Å². The number of hydrogen-bond acceptors (Lipinski definition) is 3. The third-order valence-electron chi connectivity index (χ3n) is 2.71. The van der Waals surface area contributed by atoms with Gasteiger partial charge in [0.15, 0.2) is 0 Å². The summed E-state index contributed by atoms with van der Waals surface area (Å²) in [6.07, 6.45) is 2.01. The first-order valence-corrected chi connectivity index (χ1v) is 6.20. The SMILES string of the molecule is CCCOc1ccc(C(CCOC)NC)cc1. The Bertz CT molecular complexity index is 298. The first kappa shape index (κ1) is 14.0. The van der Waals surface area contributed by atoms with Crippen molar-refractivity contribution in [3.8, 4) is 5.75 Å². The van der Waals surface area contributed by atoms with Crippen molar-refractivity contribution in [2.45, 2.75) is 25.8 Å². The van der Waals surface area contributed by atoms with Crippen LogP contribution in [0.3, 0.4) is 0 Å². The Labute approximate surface area is 104 Å². The molecular weight excluding hydrogens is 214 g/mol. The van der Waals surface area contributed by atoms with Gasteiger partial charge < -0.3 is 14.8 Å². The molecule has 0 saturated heterocycles. The summed E-state index contributed by atoms with van der Waals surface area (Å²) in [5, 5.41) is 3.29. The Morgan fingerprint density at radius 2 is 1.88 bits per heavy atom. The van der Waals surface area contributed by atoms with Crippen LogP contribution in [0.2, 0.25) is 0 Å². The van der Waals surface area contributed by atoms with E-state index in [1.807, 2.05) is 19.2 Å². The van der Waals surface area contributed by atoms with Gasteiger partial charge in [0.1, 0.15) is 5.75 Å². The van der Waals surface area contributed by atoms with E-state index >= 15 is 0 Å². The second kappa shape index (κ2) is 8.09. The van der Waals surface area contributed by atoms with Gasteiger partial charge in [0, 0.05) is 19.8 Å². The Hall–Kier alpha value is -1.06. The van der Waals surface area contributed by atoms with Crippen molar-refractivity contribution in [3.05, 3.63) is 29.8 Å². The van der Waals surface area contributed by atoms with Crippen LogP contribution in [0.25, 0.3) is 0 Å². The van der Waals surface area contributed by atoms with Crippen molar-refractivity contribution in [1.82, 2.24) is 5.32 Å². The smallest absolute Gasteiger partial charge is 0.119 e. The number of rotatable bonds is 8. The van der Waals surface area contributed by atoms with Crippen LogP contribution in [-0.4, -0.2) is 27.4 Å². The van der Waals surface area contributed by atoms with Gasteiger partial charge in [0.25, 0.3) is 0 Å². The number of benzene rings is 1. The average molecular weight is 237 g/mol. The fourth-order valence-electron chi connectivity index (χ4n) is 1.73. The number of hydrogen-bond donors (Lipinski definition) is 1. The van der Waals surface area contributed by atoms with Gasteiger partial charge in [0.2, 0.25) is 0 Å². The third-order valence-corrected chi connectivity index (χ3v) is 2.71. The van der Waals surface area contributed by atoms with Crippen molar-refractivity contribution in [2.24, 2.45) is 0 Å². The zero-order valence-electron chi connectivity index (χ0n) is 11.0. The largest absolute Gasteiger partial charge is 0.494 e. The summed E-state index contributed by atoms with van der Waals surface area (Å²) >= 11 is 0. The zero-order chi connectivity index (χ0) is 12.5. The maximum absolute atomic E-state index is 5.56. The van der Waals surface area contributed by atoms with Crippen LogP contribution < -0.4 is 10.1 Å². The highest BCUT2D eigenvalue weighted by atomic mass is 16.5. The van der Waals surface area contributed by atoms with Gasteiger partial charge in [-0.25, -0.2) is 0 Å². The molecule has 3 heteroatoms. The Morgan fingerprint density at radius 3 is 2.41 bits per heavy atom. The molecule has 0 heterocycles. The molecule has 1 N–H and O–H groups in total. The second-order valence-corrected chi connectivity index (χ2v) is 4.04. The molecule has 0 aliphatic rings. The molecule has 0 amide bonds. The van der Waals surface area contributed by atoms with Crippen molar-refractivity contribution in [1.29, 1.82) is 0 Å². The minimum atomic E-state index is 0.343. The van der Waals surface area contributed by atoms with Crippen molar-refractivity contribution < 1.29 is 9.47 Å². The van der Waals surface area contributed by atoms with E-state index in [1.165, 1.54) is 5.56 Å². The van der Waals surface area contributed by atoms with Crippen molar-refractivity contribution in [3.63, 3.8) is 0 Å². The Morgan fingerprint density at radius 1 is 1.18 bits per heavy atom. The summed E-state index contributed by atoms with van der Waals surface area (Å²) in [5.41, 5.74) is 1.27. The van der Waals surface area contributed by atoms with E-state index in [-0.39, 0.29) is 0 Å². The quantitative estimate of drug-likeness (QED) is 0.754. The van der Waals surface area contributed by atoms with Crippen LogP contribution in [0.1, 0.15) is 31.4 Å². The summed E-state index contributed by atoms with van der Waals surface area (Å²) in [7, 11) is 3.70. The van der Waals surface area contributed by atoms with E-state index in [0.717, 1.165) is 31.8 Å². The van der Waals surface area contributed by atoms with Gasteiger partial charge in [-0.05, 0) is 37.6 Å². The third kappa shape index (κ3) is 4.75. The van der Waals surface area contributed by atoms with E-state index < -0.39 is 0 Å². The van der Waals surface area contributed by atoms with Crippen LogP contribution in [0.4, 0.5) is 0 Å². The van der Waals surface area contributed by atoms with E-state index in [4.69, 9.17) is 9.47 Å². The van der Waals surface area contributed by atoms with Crippen molar-refractivity contribution >= 4 is 0 Å². The molecule has 0 aliphatic carbocycles. The highest BCUT2D eigenvalue weighted by Gasteiger charge is 2.08. The number of ether oxygens (including phenoxy) is 2. The molecule has 1 rings (SSSR count). The van der Waals surface area contributed by atoms with Gasteiger partial charge in [-0.15, -0.1) is 0 Å². The predicted octanol–water partition coefficient (Wildman–Crippen LogP) is 2.77. The molecule has 1 atom stereocenters. The second-order valence-electron chi connectivity index (χ2n) is 4.04. The normalized spacial score (nSPS) is 12.4. The van der Waals surface area contributed by atoms with E-state index in [9.17, 15) is 0 Å². The molecule has 1 aromatic rings. The molecule has 0 aliphatic heterocycles. The lowest BCUT2D eigenvalue weighted by molar-refractivity contribution is 0.184. The summed E-state index contributed by atoms with van der Waals surface area (Å²) in [4.78, 5) is 0. The standard InChI is InChI=1S/C14H23NO2/c1-4-10-17-13-7-5-12(6-8-13)14(15-2)9-11-16-3/h5-8,14-15H,4,9-11H2,1-3H3. The van der Waals surface area contributed by atoms with Gasteiger partial charge in [-0.2, -0.15) is 0 Å². The predicted molar refractivity (Wildman–Crippen MR) is 70.5 cm³/mol. The molecule has 0 spiro atoms. The van der Waals surface area contributed by atoms with Crippen LogP contribution in [0, 0.1) is 0 Å². The molecule has 3 nitrogen and oxygen atoms in total. The Kier molecular flexibility index (Phi) is 6.67. The molecule has 0 fully saturated rings. The molecule has 0 aromatic heterocycles. The van der Waals surface area contributed by atoms with E-state index in [2.05, 4.69) is 24.4 Å². The summed E-state index contributed by atoms with van der Waals surface area (Å²) in [5.74, 6) is 0.942. The highest BCUT2D eigenvalue weighted by molar-refractivity contribution is 5.29. The van der Waals surface area contributed by atoms with Crippen molar-refractivity contribution in [2.75, 3.05) is 27.4 Å². The van der Waals surface area contributed by atoms with Gasteiger partial charge in [-0.3, -0.25) is 0 Å². The molecule has 1 unspecified atom stereocenters. The summed E-state index contributed by atoms with van der Waals surface area (Å²) in [6.45, 7) is 3.65. The number of methoxy groups -OCH3 is 1. The summed E-state index contributed by atoms with van der Waals surface area (Å²) in [6, 6.07) is 8.63. The molecule has 0 saturated carbocycles. The first-order chi connectivity index (χ1) is 8.31. The van der Waals surface area contributed by atoms with E-state index in [0.29, 0.717) is 6.04 Å². The van der Waals surface area contributed by atoms with Gasteiger partial charge in [0.05, 0.1) is 6.61 Å². The maximum atomic E-state index is 5.56. The molecule has 96 valence electrons. The lowest BCUT2D eigenvalue weighted by atomic mass is 10.0. The fraction of sp³-hybridized carbons (Fsp3) is 0.571. The minimum Gasteiger partial charge on any atom is -0.494 e. The fourth-order valence-corrected chi connectivity index (χ4v) is 1.73. The van der Waals surface area contributed by atoms with Crippen LogP contribution >= 0.6 is 0 Å². The molecular formula is C14H23NO2. The Balaban J connectivity index is 2.57. The minimum absolute atomic E-state index is 0.343. The topological polar surface area (TPSA) is 30.5 Å². The first-order valence-electron chi connectivity index (χ1n) is 6.20. The van der Waals surface area contributed by atoms with Gasteiger partial charge >= 0.3 is 0 Å². The zero-order valence-corrected chi connectivity index (χ0v) is 11.0.